The summed E-state index contributed by atoms with van der Waals surface area (Å²) in [5.74, 6) is 0.251. The number of hydrogen-bond donors (Lipinski definition) is 4. The predicted octanol–water partition coefficient (Wildman–Crippen LogP) is 1.94. The fourth-order valence-corrected chi connectivity index (χ4v) is 5.16. The van der Waals surface area contributed by atoms with Gasteiger partial charge in [-0.25, -0.2) is 10.1 Å². The first-order valence-electron chi connectivity index (χ1n) is 11.3. The van der Waals surface area contributed by atoms with E-state index in [4.69, 9.17) is 0 Å². The predicted molar refractivity (Wildman–Crippen MR) is 115 cm³/mol. The van der Waals surface area contributed by atoms with Crippen molar-refractivity contribution in [3.8, 4) is 0 Å². The fourth-order valence-electron chi connectivity index (χ4n) is 5.16. The highest BCUT2D eigenvalue weighted by atomic mass is 16.2. The van der Waals surface area contributed by atoms with Crippen molar-refractivity contribution >= 4 is 17.5 Å². The zero-order chi connectivity index (χ0) is 21.2. The summed E-state index contributed by atoms with van der Waals surface area (Å²) in [6.45, 7) is 1.92. The third kappa shape index (κ3) is 4.20. The zero-order valence-electron chi connectivity index (χ0n) is 17.5. The molecule has 1 aromatic heterocycles. The summed E-state index contributed by atoms with van der Waals surface area (Å²) in [4.78, 5) is 24.8. The molecule has 2 amide bonds. The van der Waals surface area contributed by atoms with Gasteiger partial charge in [0.15, 0.2) is 5.69 Å². The zero-order valence-corrected chi connectivity index (χ0v) is 17.5. The Labute approximate surface area is 181 Å². The Morgan fingerprint density at radius 1 is 1.06 bits per heavy atom. The van der Waals surface area contributed by atoms with Crippen LogP contribution in [-0.2, 0) is 4.79 Å². The van der Waals surface area contributed by atoms with Gasteiger partial charge >= 0.3 is 0 Å². The van der Waals surface area contributed by atoms with Crippen LogP contribution in [0.4, 0.5) is 5.69 Å². The van der Waals surface area contributed by atoms with Gasteiger partial charge < -0.3 is 10.6 Å². The highest BCUT2D eigenvalue weighted by Gasteiger charge is 2.40. The van der Waals surface area contributed by atoms with Gasteiger partial charge in [0.2, 0.25) is 5.91 Å². The van der Waals surface area contributed by atoms with Gasteiger partial charge in [-0.1, -0.05) is 30.2 Å². The maximum atomic E-state index is 12.6. The van der Waals surface area contributed by atoms with Crippen molar-refractivity contribution in [2.45, 2.75) is 50.6 Å². The molecule has 3 atom stereocenters. The van der Waals surface area contributed by atoms with Gasteiger partial charge in [0, 0.05) is 11.6 Å². The summed E-state index contributed by atoms with van der Waals surface area (Å²) < 4.78 is 1.81. The van der Waals surface area contributed by atoms with Crippen LogP contribution in [0.3, 0.4) is 0 Å². The summed E-state index contributed by atoms with van der Waals surface area (Å²) in [5.41, 5.74) is 8.19. The maximum Gasteiger partial charge on any atom is 0.277 e. The Morgan fingerprint density at radius 2 is 1.84 bits per heavy atom. The standard InChI is InChI=1S/C22H29N7O2/c30-21-18-4-2-1-3-17(18)20(26-27-21)14-5-7-15(8-6-14)24-22(31)19-13-29(28-25-19)16-9-11-23-12-10-16/h5-8,13,16-18,20,23,26H,1-4,9-12H2,(H,24,31)(H,27,30). The van der Waals surface area contributed by atoms with E-state index in [-0.39, 0.29) is 23.8 Å². The molecule has 0 radical (unpaired) electrons. The van der Waals surface area contributed by atoms with Gasteiger partial charge in [0.25, 0.3) is 5.91 Å². The number of carbonyl (C=O) groups excluding carboxylic acids is 2. The summed E-state index contributed by atoms with van der Waals surface area (Å²) in [6.07, 6.45) is 8.01. The number of hydrazine groups is 1. The number of amides is 2. The minimum atomic E-state index is -0.261. The molecule has 1 aliphatic carbocycles. The van der Waals surface area contributed by atoms with Crippen LogP contribution in [0.2, 0.25) is 0 Å². The molecule has 31 heavy (non-hydrogen) atoms. The first kappa shape index (κ1) is 20.1. The lowest BCUT2D eigenvalue weighted by atomic mass is 9.72. The summed E-state index contributed by atoms with van der Waals surface area (Å²) in [5, 5.41) is 14.5. The highest BCUT2D eigenvalue weighted by Crippen LogP contribution is 2.40. The Hall–Kier alpha value is -2.78. The molecule has 2 saturated heterocycles. The highest BCUT2D eigenvalue weighted by molar-refractivity contribution is 6.02. The van der Waals surface area contributed by atoms with Crippen LogP contribution in [0.15, 0.2) is 30.5 Å². The molecule has 164 valence electrons. The number of piperidine rings is 1. The molecule has 1 aromatic carbocycles. The van der Waals surface area contributed by atoms with E-state index >= 15 is 0 Å². The Kier molecular flexibility index (Phi) is 5.69. The number of benzene rings is 1. The second-order valence-corrected chi connectivity index (χ2v) is 8.81. The number of nitrogens with zero attached hydrogens (tertiary/aromatic N) is 3. The van der Waals surface area contributed by atoms with Crippen molar-refractivity contribution in [1.29, 1.82) is 0 Å². The molecule has 2 aromatic rings. The molecule has 9 heteroatoms. The number of rotatable bonds is 4. The monoisotopic (exact) mass is 423 g/mol. The summed E-state index contributed by atoms with van der Waals surface area (Å²) in [6, 6.07) is 8.23. The van der Waals surface area contributed by atoms with Crippen molar-refractivity contribution < 1.29 is 9.59 Å². The lowest BCUT2D eigenvalue weighted by Gasteiger charge is -2.41. The van der Waals surface area contributed by atoms with Crippen LogP contribution in [0.5, 0.6) is 0 Å². The molecule has 4 N–H and O–H groups in total. The minimum absolute atomic E-state index is 0.0851. The Morgan fingerprint density at radius 3 is 2.65 bits per heavy atom. The Balaban J connectivity index is 1.24. The van der Waals surface area contributed by atoms with E-state index in [9.17, 15) is 9.59 Å². The largest absolute Gasteiger partial charge is 0.321 e. The summed E-state index contributed by atoms with van der Waals surface area (Å²) in [7, 11) is 0. The lowest BCUT2D eigenvalue weighted by molar-refractivity contribution is -0.133. The second kappa shape index (κ2) is 8.76. The maximum absolute atomic E-state index is 12.6. The molecule has 3 heterocycles. The fraction of sp³-hybridized carbons (Fsp3) is 0.545. The number of anilines is 1. The van der Waals surface area contributed by atoms with Crippen LogP contribution < -0.4 is 21.5 Å². The number of nitrogens with one attached hydrogen (secondary N) is 4. The SMILES string of the molecule is O=C(Nc1ccc(C2NNC(=O)C3CCCCC32)cc1)c1cn(C2CCNCC2)nn1. The van der Waals surface area contributed by atoms with Gasteiger partial charge in [-0.05, 0) is 62.4 Å². The van der Waals surface area contributed by atoms with Gasteiger partial charge in [-0.3, -0.25) is 15.0 Å². The van der Waals surface area contributed by atoms with Crippen LogP contribution in [0.25, 0.3) is 0 Å². The molecule has 3 unspecified atom stereocenters. The molecule has 1 saturated carbocycles. The average Bonchev–Trinajstić information content (AvgIpc) is 3.32. The van der Waals surface area contributed by atoms with Crippen LogP contribution in [-0.4, -0.2) is 39.9 Å². The van der Waals surface area contributed by atoms with Gasteiger partial charge in [0.1, 0.15) is 0 Å². The van der Waals surface area contributed by atoms with Crippen molar-refractivity contribution in [3.05, 3.63) is 41.7 Å². The van der Waals surface area contributed by atoms with Crippen molar-refractivity contribution in [1.82, 2.24) is 31.2 Å². The normalized spacial score (nSPS) is 26.7. The van der Waals surface area contributed by atoms with Crippen molar-refractivity contribution in [2.75, 3.05) is 18.4 Å². The van der Waals surface area contributed by atoms with Crippen molar-refractivity contribution in [2.24, 2.45) is 11.8 Å². The van der Waals surface area contributed by atoms with E-state index in [2.05, 4.69) is 31.8 Å². The number of aromatic nitrogens is 3. The first-order valence-corrected chi connectivity index (χ1v) is 11.3. The van der Waals surface area contributed by atoms with Gasteiger partial charge in [0.05, 0.1) is 18.3 Å². The number of hydrogen-bond acceptors (Lipinski definition) is 6. The molecule has 3 fully saturated rings. The minimum Gasteiger partial charge on any atom is -0.321 e. The van der Waals surface area contributed by atoms with Crippen LogP contribution in [0.1, 0.15) is 66.7 Å². The smallest absolute Gasteiger partial charge is 0.277 e. The third-order valence-electron chi connectivity index (χ3n) is 6.89. The Bertz CT molecular complexity index is 936. The van der Waals surface area contributed by atoms with E-state index in [0.717, 1.165) is 50.8 Å². The molecular weight excluding hydrogens is 394 g/mol. The second-order valence-electron chi connectivity index (χ2n) is 8.81. The third-order valence-corrected chi connectivity index (χ3v) is 6.89. The lowest BCUT2D eigenvalue weighted by Crippen LogP contribution is -2.55. The summed E-state index contributed by atoms with van der Waals surface area (Å²) >= 11 is 0. The topological polar surface area (TPSA) is 113 Å². The molecule has 5 rings (SSSR count). The molecule has 3 aliphatic rings. The molecule has 9 nitrogen and oxygen atoms in total. The van der Waals surface area contributed by atoms with Crippen LogP contribution >= 0.6 is 0 Å². The van der Waals surface area contributed by atoms with Gasteiger partial charge in [-0.15, -0.1) is 5.10 Å². The van der Waals surface area contributed by atoms with E-state index < -0.39 is 0 Å². The van der Waals surface area contributed by atoms with Crippen molar-refractivity contribution in [3.63, 3.8) is 0 Å². The quantitative estimate of drug-likeness (QED) is 0.598. The van der Waals surface area contributed by atoms with Crippen LogP contribution in [0, 0.1) is 11.8 Å². The molecule has 0 bridgehead atoms. The number of fused-ring (bicyclic) bond motifs is 1. The van der Waals surface area contributed by atoms with E-state index in [1.807, 2.05) is 28.9 Å². The van der Waals surface area contributed by atoms with Gasteiger partial charge in [-0.2, -0.15) is 0 Å². The number of carbonyl (C=O) groups is 2. The molecule has 2 aliphatic heterocycles. The molecule has 0 spiro atoms. The van der Waals surface area contributed by atoms with E-state index in [1.54, 1.807) is 6.20 Å². The van der Waals surface area contributed by atoms with E-state index in [1.165, 1.54) is 6.42 Å². The average molecular weight is 424 g/mol. The van der Waals surface area contributed by atoms with E-state index in [0.29, 0.717) is 23.3 Å². The first-order chi connectivity index (χ1) is 15.2. The molecular formula is C22H29N7O2.